The van der Waals surface area contributed by atoms with Crippen LogP contribution in [0.2, 0.25) is 0 Å². The van der Waals surface area contributed by atoms with Gasteiger partial charge in [-0.1, -0.05) is 18.2 Å². The molecule has 0 radical (unpaired) electrons. The monoisotopic (exact) mass is 526 g/mol. The minimum atomic E-state index is -0.916. The van der Waals surface area contributed by atoms with Crippen molar-refractivity contribution in [2.75, 3.05) is 18.2 Å². The van der Waals surface area contributed by atoms with Crippen LogP contribution in [0.15, 0.2) is 35.7 Å². The molecule has 3 atom stereocenters. The first-order valence-electron chi connectivity index (χ1n) is 8.74. The molecular formula is C19H20IN4O2PS. The number of hydrogen-bond donors (Lipinski definition) is 1. The van der Waals surface area contributed by atoms with Crippen molar-refractivity contribution < 1.29 is 8.95 Å². The molecule has 6 nitrogen and oxygen atoms in total. The summed E-state index contributed by atoms with van der Waals surface area (Å²) in [6.07, 6.45) is 2.36. The molecule has 0 saturated heterocycles. The van der Waals surface area contributed by atoms with Crippen LogP contribution in [0.4, 0.5) is 5.82 Å². The number of pyridine rings is 1. The zero-order chi connectivity index (χ0) is 19.8. The highest BCUT2D eigenvalue weighted by molar-refractivity contribution is 14.2. The van der Waals surface area contributed by atoms with Gasteiger partial charge in [-0.25, -0.2) is 9.44 Å². The van der Waals surface area contributed by atoms with Gasteiger partial charge in [0.15, 0.2) is 0 Å². The third-order valence-corrected chi connectivity index (χ3v) is 7.83. The number of aryl methyl sites for hydroxylation is 2. The third kappa shape index (κ3) is 3.69. The van der Waals surface area contributed by atoms with Gasteiger partial charge in [-0.15, -0.1) is 0 Å². The average Bonchev–Trinajstić information content (AvgIpc) is 3.26. The van der Waals surface area contributed by atoms with E-state index in [1.807, 2.05) is 16.6 Å². The molecule has 0 spiro atoms. The second-order valence-corrected chi connectivity index (χ2v) is 10.1. The van der Waals surface area contributed by atoms with E-state index in [2.05, 4.69) is 59.4 Å². The molecule has 3 unspecified atom stereocenters. The number of halogens is 1. The highest BCUT2D eigenvalue weighted by atomic mass is 127. The predicted molar refractivity (Wildman–Crippen MR) is 126 cm³/mol. The number of benzene rings is 1. The number of methoxy groups -OCH3 is 1. The Morgan fingerprint density at radius 3 is 2.79 bits per heavy atom. The van der Waals surface area contributed by atoms with Gasteiger partial charge in [0.05, 0.1) is 31.0 Å². The van der Waals surface area contributed by atoms with E-state index >= 15 is 0 Å². The fraction of sp³-hybridized carbons (Fsp3) is 0.263. The Bertz CT molecular complexity index is 1110. The maximum atomic E-state index is 11.7. The van der Waals surface area contributed by atoms with Crippen LogP contribution in [0, 0.1) is 13.8 Å². The summed E-state index contributed by atoms with van der Waals surface area (Å²) >= 11 is 2.31. The van der Waals surface area contributed by atoms with Crippen LogP contribution in [0.25, 0.3) is 22.2 Å². The van der Waals surface area contributed by atoms with Crippen LogP contribution in [0.3, 0.4) is 0 Å². The molecule has 1 aliphatic rings. The first kappa shape index (κ1) is 19.8. The highest BCUT2D eigenvalue weighted by Gasteiger charge is 2.22. The van der Waals surface area contributed by atoms with Crippen molar-refractivity contribution in [1.29, 1.82) is 0 Å². The van der Waals surface area contributed by atoms with Gasteiger partial charge in [-0.05, 0) is 59.1 Å². The van der Waals surface area contributed by atoms with Crippen molar-refractivity contribution in [3.05, 3.63) is 46.9 Å². The Balaban J connectivity index is 1.84. The lowest BCUT2D eigenvalue weighted by atomic mass is 10.0. The zero-order valence-corrected chi connectivity index (χ0v) is 19.7. The number of rotatable bonds is 5. The SMILES string of the molecule is COc1nc(-c2ccc(C)c(C)c2)cc2nn(PI)c(NC3C=CS(=O)C3)c12. The van der Waals surface area contributed by atoms with Crippen molar-refractivity contribution in [2.24, 2.45) is 0 Å². The van der Waals surface area contributed by atoms with Crippen molar-refractivity contribution in [3.63, 3.8) is 0 Å². The number of nitrogens with one attached hydrogen (secondary N) is 1. The molecule has 3 aromatic rings. The van der Waals surface area contributed by atoms with Crippen LogP contribution in [0.1, 0.15) is 11.1 Å². The third-order valence-electron chi connectivity index (χ3n) is 4.83. The molecule has 1 aromatic carbocycles. The highest BCUT2D eigenvalue weighted by Crippen LogP contribution is 2.39. The molecular weight excluding hydrogens is 506 g/mol. The molecule has 0 saturated carbocycles. The Kier molecular flexibility index (Phi) is 5.71. The van der Waals surface area contributed by atoms with E-state index in [4.69, 9.17) is 14.8 Å². The lowest BCUT2D eigenvalue weighted by molar-refractivity contribution is 0.404. The Morgan fingerprint density at radius 2 is 2.14 bits per heavy atom. The van der Waals surface area contributed by atoms with E-state index in [0.29, 0.717) is 18.0 Å². The Labute approximate surface area is 180 Å². The van der Waals surface area contributed by atoms with Crippen LogP contribution >= 0.6 is 28.4 Å². The quantitative estimate of drug-likeness (QED) is 0.390. The molecule has 146 valence electrons. The van der Waals surface area contributed by atoms with Gasteiger partial charge in [-0.2, -0.15) is 5.10 Å². The predicted octanol–water partition coefficient (Wildman–Crippen LogP) is 4.57. The van der Waals surface area contributed by atoms with Crippen molar-refractivity contribution in [2.45, 2.75) is 19.9 Å². The smallest absolute Gasteiger partial charge is 0.227 e. The summed E-state index contributed by atoms with van der Waals surface area (Å²) in [5.74, 6) is 1.96. The summed E-state index contributed by atoms with van der Waals surface area (Å²) in [4.78, 5) is 4.77. The van der Waals surface area contributed by atoms with Crippen LogP contribution in [0.5, 0.6) is 5.88 Å². The summed E-state index contributed by atoms with van der Waals surface area (Å²) in [7, 11) is 0.713. The first-order valence-corrected chi connectivity index (χ1v) is 14.2. The summed E-state index contributed by atoms with van der Waals surface area (Å²) in [5.41, 5.74) is 5.18. The number of nitrogens with zero attached hydrogens (tertiary/aromatic N) is 3. The molecule has 3 heterocycles. The second-order valence-electron chi connectivity index (χ2n) is 6.68. The molecule has 4 rings (SSSR count). The molecule has 1 N–H and O–H groups in total. The molecule has 9 heteroatoms. The van der Waals surface area contributed by atoms with Crippen LogP contribution in [-0.2, 0) is 10.8 Å². The lowest BCUT2D eigenvalue weighted by Gasteiger charge is -2.14. The number of aromatic nitrogens is 3. The van der Waals surface area contributed by atoms with E-state index < -0.39 is 10.8 Å². The maximum absolute atomic E-state index is 11.7. The van der Waals surface area contributed by atoms with Gasteiger partial charge in [0.1, 0.15) is 16.7 Å². The number of fused-ring (bicyclic) bond motifs is 1. The van der Waals surface area contributed by atoms with E-state index in [0.717, 1.165) is 28.0 Å². The van der Waals surface area contributed by atoms with Crippen molar-refractivity contribution >= 4 is 55.9 Å². The summed E-state index contributed by atoms with van der Waals surface area (Å²) in [6.45, 7) is 4.20. The molecule has 0 amide bonds. The summed E-state index contributed by atoms with van der Waals surface area (Å²) in [6, 6.07) is 8.33. The molecule has 1 aliphatic heterocycles. The minimum Gasteiger partial charge on any atom is -0.480 e. The van der Waals surface area contributed by atoms with Crippen molar-refractivity contribution in [1.82, 2.24) is 14.5 Å². The lowest BCUT2D eigenvalue weighted by Crippen LogP contribution is -2.20. The fourth-order valence-electron chi connectivity index (χ4n) is 3.20. The summed E-state index contributed by atoms with van der Waals surface area (Å²) < 4.78 is 19.3. The minimum absolute atomic E-state index is 0.0105. The molecule has 2 aromatic heterocycles. The van der Waals surface area contributed by atoms with Gasteiger partial charge in [0.25, 0.3) is 0 Å². The average molecular weight is 526 g/mol. The maximum Gasteiger partial charge on any atom is 0.227 e. The molecule has 28 heavy (non-hydrogen) atoms. The van der Waals surface area contributed by atoms with Crippen LogP contribution < -0.4 is 10.1 Å². The second kappa shape index (κ2) is 8.08. The topological polar surface area (TPSA) is 69.0 Å². The van der Waals surface area contributed by atoms with Gasteiger partial charge in [-0.3, -0.25) is 4.21 Å². The van der Waals surface area contributed by atoms with E-state index in [-0.39, 0.29) is 6.04 Å². The number of hydrogen-bond acceptors (Lipinski definition) is 5. The van der Waals surface area contributed by atoms with E-state index in [1.165, 1.54) is 11.1 Å². The van der Waals surface area contributed by atoms with Gasteiger partial charge in [0, 0.05) is 21.8 Å². The largest absolute Gasteiger partial charge is 0.480 e. The summed E-state index contributed by atoms with van der Waals surface area (Å²) in [5, 5.41) is 10.8. The number of ether oxygens (including phenoxy) is 1. The normalized spacial score (nSPS) is 19.1. The standard InChI is InChI=1S/C19H20IN4O2PS/c1-11-4-5-13(8-12(11)2)15-9-16-17(19(22-15)26-3)18(24(23-16)27-20)21-14-6-7-28(25)10-14/h4-9,14,21,27H,10H2,1-3H3. The van der Waals surface area contributed by atoms with Gasteiger partial charge >= 0.3 is 0 Å². The van der Waals surface area contributed by atoms with E-state index in [1.54, 1.807) is 12.5 Å². The Hall–Kier alpha value is -1.51. The molecule has 0 bridgehead atoms. The van der Waals surface area contributed by atoms with Gasteiger partial charge < -0.3 is 10.1 Å². The molecule has 0 fully saturated rings. The number of anilines is 1. The van der Waals surface area contributed by atoms with Crippen molar-refractivity contribution in [3.8, 4) is 17.1 Å². The van der Waals surface area contributed by atoms with Crippen LogP contribution in [-0.4, -0.2) is 37.6 Å². The van der Waals surface area contributed by atoms with E-state index in [9.17, 15) is 4.21 Å². The fourth-order valence-corrected chi connectivity index (χ4v) is 5.68. The Morgan fingerprint density at radius 1 is 1.32 bits per heavy atom. The first-order chi connectivity index (χ1) is 13.5. The zero-order valence-electron chi connectivity index (χ0n) is 15.7. The molecule has 0 aliphatic carbocycles. The van der Waals surface area contributed by atoms with Gasteiger partial charge in [0.2, 0.25) is 5.88 Å².